The SMILES string of the molecule is C=C(CCC)N1CCCC(O)C1. The fourth-order valence-corrected chi connectivity index (χ4v) is 1.69. The highest BCUT2D eigenvalue weighted by Gasteiger charge is 2.17. The lowest BCUT2D eigenvalue weighted by molar-refractivity contribution is 0.0864. The second-order valence-corrected chi connectivity index (χ2v) is 3.56. The molecule has 1 aliphatic rings. The van der Waals surface area contributed by atoms with Crippen molar-refractivity contribution in [1.29, 1.82) is 0 Å². The zero-order valence-electron chi connectivity index (χ0n) is 7.92. The largest absolute Gasteiger partial charge is 0.391 e. The molecule has 0 aliphatic carbocycles. The van der Waals surface area contributed by atoms with Gasteiger partial charge in [-0.05, 0) is 19.3 Å². The quantitative estimate of drug-likeness (QED) is 0.696. The van der Waals surface area contributed by atoms with Gasteiger partial charge in [0, 0.05) is 18.8 Å². The lowest BCUT2D eigenvalue weighted by atomic mass is 10.1. The molecule has 1 saturated heterocycles. The minimum Gasteiger partial charge on any atom is -0.391 e. The van der Waals surface area contributed by atoms with Crippen molar-refractivity contribution in [2.24, 2.45) is 0 Å². The maximum Gasteiger partial charge on any atom is 0.0715 e. The van der Waals surface area contributed by atoms with Crippen molar-refractivity contribution in [3.05, 3.63) is 12.3 Å². The number of likely N-dealkylation sites (tertiary alicyclic amines) is 1. The molecule has 0 aromatic rings. The van der Waals surface area contributed by atoms with Gasteiger partial charge in [-0.2, -0.15) is 0 Å². The third-order valence-corrected chi connectivity index (χ3v) is 2.38. The summed E-state index contributed by atoms with van der Waals surface area (Å²) in [6.45, 7) is 8.05. The number of allylic oxidation sites excluding steroid dienone is 1. The lowest BCUT2D eigenvalue weighted by Gasteiger charge is -2.33. The molecule has 1 heterocycles. The number of aliphatic hydroxyl groups is 1. The molecule has 0 radical (unpaired) electrons. The van der Waals surface area contributed by atoms with Crippen LogP contribution in [0.2, 0.25) is 0 Å². The van der Waals surface area contributed by atoms with Crippen LogP contribution in [-0.2, 0) is 0 Å². The van der Waals surface area contributed by atoms with E-state index in [1.54, 1.807) is 0 Å². The van der Waals surface area contributed by atoms with Gasteiger partial charge in [0.15, 0.2) is 0 Å². The van der Waals surface area contributed by atoms with Gasteiger partial charge in [-0.1, -0.05) is 19.9 Å². The predicted molar refractivity (Wildman–Crippen MR) is 50.9 cm³/mol. The van der Waals surface area contributed by atoms with Crippen molar-refractivity contribution in [1.82, 2.24) is 4.90 Å². The van der Waals surface area contributed by atoms with Crippen LogP contribution in [0.5, 0.6) is 0 Å². The molecule has 1 fully saturated rings. The second kappa shape index (κ2) is 4.51. The molecule has 0 aromatic carbocycles. The summed E-state index contributed by atoms with van der Waals surface area (Å²) < 4.78 is 0. The lowest BCUT2D eigenvalue weighted by Crippen LogP contribution is -2.37. The normalized spacial score (nSPS) is 24.2. The Hall–Kier alpha value is -0.500. The topological polar surface area (TPSA) is 23.5 Å². The molecule has 0 amide bonds. The van der Waals surface area contributed by atoms with Gasteiger partial charge in [0.05, 0.1) is 6.10 Å². The van der Waals surface area contributed by atoms with Crippen LogP contribution in [0.4, 0.5) is 0 Å². The summed E-state index contributed by atoms with van der Waals surface area (Å²) in [5.41, 5.74) is 1.19. The maximum absolute atomic E-state index is 9.41. The average molecular weight is 169 g/mol. The third kappa shape index (κ3) is 2.52. The number of hydrogen-bond acceptors (Lipinski definition) is 2. The summed E-state index contributed by atoms with van der Waals surface area (Å²) in [6, 6.07) is 0. The van der Waals surface area contributed by atoms with Crippen molar-refractivity contribution < 1.29 is 5.11 Å². The molecular weight excluding hydrogens is 150 g/mol. The summed E-state index contributed by atoms with van der Waals surface area (Å²) in [4.78, 5) is 2.22. The Morgan fingerprint density at radius 2 is 2.42 bits per heavy atom. The molecule has 1 N–H and O–H groups in total. The molecule has 70 valence electrons. The summed E-state index contributed by atoms with van der Waals surface area (Å²) >= 11 is 0. The Morgan fingerprint density at radius 1 is 1.67 bits per heavy atom. The minimum atomic E-state index is -0.132. The molecule has 1 unspecified atom stereocenters. The van der Waals surface area contributed by atoms with E-state index in [0.717, 1.165) is 38.8 Å². The first-order valence-corrected chi connectivity index (χ1v) is 4.84. The number of hydrogen-bond donors (Lipinski definition) is 1. The molecule has 0 aromatic heterocycles. The van der Waals surface area contributed by atoms with Gasteiger partial charge < -0.3 is 10.0 Å². The third-order valence-electron chi connectivity index (χ3n) is 2.38. The zero-order valence-corrected chi connectivity index (χ0v) is 7.92. The highest BCUT2D eigenvalue weighted by molar-refractivity contribution is 4.95. The van der Waals surface area contributed by atoms with E-state index in [9.17, 15) is 5.11 Å². The molecule has 2 nitrogen and oxygen atoms in total. The monoisotopic (exact) mass is 169 g/mol. The first kappa shape index (κ1) is 9.59. The van der Waals surface area contributed by atoms with Crippen LogP contribution in [-0.4, -0.2) is 29.2 Å². The average Bonchev–Trinajstić information content (AvgIpc) is 2.05. The smallest absolute Gasteiger partial charge is 0.0715 e. The molecule has 1 aliphatic heterocycles. The maximum atomic E-state index is 9.41. The Morgan fingerprint density at radius 3 is 3.00 bits per heavy atom. The highest BCUT2D eigenvalue weighted by Crippen LogP contribution is 2.16. The summed E-state index contributed by atoms with van der Waals surface area (Å²) in [6.07, 6.45) is 4.13. The zero-order chi connectivity index (χ0) is 8.97. The molecule has 12 heavy (non-hydrogen) atoms. The van der Waals surface area contributed by atoms with E-state index in [-0.39, 0.29) is 6.10 Å². The number of nitrogens with zero attached hydrogens (tertiary/aromatic N) is 1. The van der Waals surface area contributed by atoms with Crippen molar-refractivity contribution >= 4 is 0 Å². The highest BCUT2D eigenvalue weighted by atomic mass is 16.3. The molecule has 0 spiro atoms. The van der Waals surface area contributed by atoms with Gasteiger partial charge in [0.2, 0.25) is 0 Å². The molecule has 2 heteroatoms. The van der Waals surface area contributed by atoms with Crippen LogP contribution < -0.4 is 0 Å². The summed E-state index contributed by atoms with van der Waals surface area (Å²) in [5, 5.41) is 9.41. The van der Waals surface area contributed by atoms with Gasteiger partial charge >= 0.3 is 0 Å². The van der Waals surface area contributed by atoms with Crippen molar-refractivity contribution in [2.45, 2.75) is 38.7 Å². The first-order valence-electron chi connectivity index (χ1n) is 4.84. The van der Waals surface area contributed by atoms with Gasteiger partial charge in [-0.25, -0.2) is 0 Å². The second-order valence-electron chi connectivity index (χ2n) is 3.56. The summed E-state index contributed by atoms with van der Waals surface area (Å²) in [7, 11) is 0. The number of β-amino-alcohol motifs (C(OH)–C–C–N with tert-alkyl or cyclic N) is 1. The van der Waals surface area contributed by atoms with E-state index in [1.165, 1.54) is 5.70 Å². The van der Waals surface area contributed by atoms with Crippen molar-refractivity contribution in [2.75, 3.05) is 13.1 Å². The molecule has 1 rings (SSSR count). The number of rotatable bonds is 3. The van der Waals surface area contributed by atoms with E-state index in [0.29, 0.717) is 0 Å². The molecule has 0 saturated carbocycles. The Bertz CT molecular complexity index is 156. The van der Waals surface area contributed by atoms with Crippen LogP contribution in [0.15, 0.2) is 12.3 Å². The van der Waals surface area contributed by atoms with E-state index < -0.39 is 0 Å². The van der Waals surface area contributed by atoms with Crippen LogP contribution in [0.25, 0.3) is 0 Å². The first-order chi connectivity index (χ1) is 5.74. The van der Waals surface area contributed by atoms with Crippen LogP contribution in [0.1, 0.15) is 32.6 Å². The van der Waals surface area contributed by atoms with Gasteiger partial charge in [0.1, 0.15) is 0 Å². The van der Waals surface area contributed by atoms with Gasteiger partial charge in [0.25, 0.3) is 0 Å². The molecule has 1 atom stereocenters. The van der Waals surface area contributed by atoms with E-state index in [2.05, 4.69) is 18.4 Å². The molecular formula is C10H19NO. The summed E-state index contributed by atoms with van der Waals surface area (Å²) in [5.74, 6) is 0. The predicted octanol–water partition coefficient (Wildman–Crippen LogP) is 1.76. The van der Waals surface area contributed by atoms with Crippen molar-refractivity contribution in [3.63, 3.8) is 0 Å². The number of piperidine rings is 1. The fourth-order valence-electron chi connectivity index (χ4n) is 1.69. The minimum absolute atomic E-state index is 0.132. The van der Waals surface area contributed by atoms with Crippen molar-refractivity contribution in [3.8, 4) is 0 Å². The van der Waals surface area contributed by atoms with Gasteiger partial charge in [-0.3, -0.25) is 0 Å². The van der Waals surface area contributed by atoms with E-state index in [1.807, 2.05) is 0 Å². The van der Waals surface area contributed by atoms with E-state index in [4.69, 9.17) is 0 Å². The standard InChI is InChI=1S/C10H19NO/c1-3-5-9(2)11-7-4-6-10(12)8-11/h10,12H,2-8H2,1H3. The van der Waals surface area contributed by atoms with E-state index >= 15 is 0 Å². The fraction of sp³-hybridized carbons (Fsp3) is 0.800. The Labute approximate surface area is 74.9 Å². The number of aliphatic hydroxyl groups excluding tert-OH is 1. The van der Waals surface area contributed by atoms with Crippen LogP contribution >= 0.6 is 0 Å². The van der Waals surface area contributed by atoms with Crippen LogP contribution in [0.3, 0.4) is 0 Å². The molecule has 0 bridgehead atoms. The van der Waals surface area contributed by atoms with Gasteiger partial charge in [-0.15, -0.1) is 0 Å². The Kier molecular flexibility index (Phi) is 3.60. The van der Waals surface area contributed by atoms with Crippen LogP contribution in [0, 0.1) is 0 Å². The Balaban J connectivity index is 2.35.